The van der Waals surface area contributed by atoms with Crippen molar-refractivity contribution in [3.05, 3.63) is 34.4 Å². The number of ether oxygens (including phenoxy) is 1. The van der Waals surface area contributed by atoms with Gasteiger partial charge in [0.1, 0.15) is 17.1 Å². The molecule has 1 unspecified atom stereocenters. The lowest BCUT2D eigenvalue weighted by Crippen LogP contribution is -2.11. The summed E-state index contributed by atoms with van der Waals surface area (Å²) in [5.74, 6) is -0.657. The molecule has 132 valence electrons. The van der Waals surface area contributed by atoms with E-state index in [2.05, 4.69) is 19.9 Å². The minimum absolute atomic E-state index is 0.0631. The lowest BCUT2D eigenvalue weighted by molar-refractivity contribution is 0.0596. The summed E-state index contributed by atoms with van der Waals surface area (Å²) in [6, 6.07) is 1.63. The molecule has 0 radical (unpaired) electrons. The molecule has 2 rings (SSSR count). The Morgan fingerprint density at radius 1 is 1.33 bits per heavy atom. The molecule has 0 saturated carbocycles. The largest absolute Gasteiger partial charge is 0.507 e. The number of methoxy groups -OCH3 is 1. The first kappa shape index (κ1) is 18.4. The van der Waals surface area contributed by atoms with Gasteiger partial charge >= 0.3 is 5.97 Å². The third-order valence-electron chi connectivity index (χ3n) is 4.78. The van der Waals surface area contributed by atoms with E-state index in [1.165, 1.54) is 12.7 Å². The highest BCUT2D eigenvalue weighted by Gasteiger charge is 2.27. The Morgan fingerprint density at radius 2 is 2.08 bits per heavy atom. The number of aryl methyl sites for hydroxylation is 1. The molecule has 1 aliphatic carbocycles. The van der Waals surface area contributed by atoms with Gasteiger partial charge in [-0.25, -0.2) is 4.79 Å². The minimum atomic E-state index is -0.545. The predicted octanol–water partition coefficient (Wildman–Crippen LogP) is 4.83. The zero-order valence-electron chi connectivity index (χ0n) is 14.9. The second kappa shape index (κ2) is 8.22. The van der Waals surface area contributed by atoms with Crippen molar-refractivity contribution < 1.29 is 19.7 Å². The van der Waals surface area contributed by atoms with Crippen LogP contribution >= 0.6 is 0 Å². The van der Waals surface area contributed by atoms with Crippen LogP contribution in [0.5, 0.6) is 11.5 Å². The van der Waals surface area contributed by atoms with Crippen LogP contribution in [-0.4, -0.2) is 23.3 Å². The molecule has 0 amide bonds. The summed E-state index contributed by atoms with van der Waals surface area (Å²) in [7, 11) is 1.31. The van der Waals surface area contributed by atoms with E-state index in [1.807, 2.05) is 0 Å². The monoisotopic (exact) mass is 332 g/mol. The van der Waals surface area contributed by atoms with E-state index >= 15 is 0 Å². The van der Waals surface area contributed by atoms with Crippen molar-refractivity contribution in [3.8, 4) is 11.5 Å². The number of hydrogen-bond acceptors (Lipinski definition) is 4. The van der Waals surface area contributed by atoms with Crippen LogP contribution < -0.4 is 0 Å². The molecule has 1 aliphatic rings. The molecular weight excluding hydrogens is 304 g/mol. The SMILES string of the molecule is CCCCCc1cc(O)c(C2C=C(C)CCC2)c(O)c1C(=O)OC. The number of carbonyl (C=O) groups is 1. The number of benzene rings is 1. The normalized spacial score (nSPS) is 17.5. The van der Waals surface area contributed by atoms with Gasteiger partial charge in [0.25, 0.3) is 0 Å². The molecule has 2 N–H and O–H groups in total. The summed E-state index contributed by atoms with van der Waals surface area (Å²) in [5.41, 5.74) is 2.56. The van der Waals surface area contributed by atoms with Gasteiger partial charge in [0.2, 0.25) is 0 Å². The Bertz CT molecular complexity index is 631. The zero-order chi connectivity index (χ0) is 17.7. The first-order valence-electron chi connectivity index (χ1n) is 8.82. The fraction of sp³-hybridized carbons (Fsp3) is 0.550. The molecule has 0 fully saturated rings. The Labute approximate surface area is 144 Å². The van der Waals surface area contributed by atoms with E-state index in [9.17, 15) is 15.0 Å². The molecule has 0 aromatic heterocycles. The van der Waals surface area contributed by atoms with E-state index in [4.69, 9.17) is 4.74 Å². The average molecular weight is 332 g/mol. The standard InChI is InChI=1S/C20H28O4/c1-4-5-6-9-15-12-16(21)17(14-10-7-8-13(2)11-14)19(22)18(15)20(23)24-3/h11-12,14,21-22H,4-10H2,1-3H3. The molecule has 1 aromatic rings. The van der Waals surface area contributed by atoms with Gasteiger partial charge in [0.15, 0.2) is 0 Å². The van der Waals surface area contributed by atoms with Gasteiger partial charge in [-0.15, -0.1) is 0 Å². The molecule has 0 saturated heterocycles. The second-order valence-electron chi connectivity index (χ2n) is 6.65. The number of hydrogen-bond donors (Lipinski definition) is 2. The number of phenolic OH excluding ortho intramolecular Hbond substituents is 2. The van der Waals surface area contributed by atoms with Gasteiger partial charge in [0.05, 0.1) is 7.11 Å². The molecular formula is C20H28O4. The van der Waals surface area contributed by atoms with Gasteiger partial charge < -0.3 is 14.9 Å². The summed E-state index contributed by atoms with van der Waals surface area (Å²) < 4.78 is 4.87. The number of esters is 1. The molecule has 24 heavy (non-hydrogen) atoms. The van der Waals surface area contributed by atoms with Gasteiger partial charge in [-0.2, -0.15) is 0 Å². The molecule has 0 spiro atoms. The first-order valence-corrected chi connectivity index (χ1v) is 8.82. The van der Waals surface area contributed by atoms with Crippen LogP contribution in [0.15, 0.2) is 17.7 Å². The summed E-state index contributed by atoms with van der Waals surface area (Å²) in [6.07, 6.45) is 8.63. The zero-order valence-corrected chi connectivity index (χ0v) is 14.9. The van der Waals surface area contributed by atoms with Crippen LogP contribution in [0.1, 0.15) is 79.8 Å². The van der Waals surface area contributed by atoms with E-state index in [-0.39, 0.29) is 23.0 Å². The summed E-state index contributed by atoms with van der Waals surface area (Å²) >= 11 is 0. The average Bonchev–Trinajstić information content (AvgIpc) is 2.54. The van der Waals surface area contributed by atoms with Crippen LogP contribution in [-0.2, 0) is 11.2 Å². The fourth-order valence-corrected chi connectivity index (χ4v) is 3.52. The lowest BCUT2D eigenvalue weighted by atomic mass is 9.83. The number of carbonyl (C=O) groups excluding carboxylic acids is 1. The maximum atomic E-state index is 12.2. The Kier molecular flexibility index (Phi) is 6.29. The third-order valence-corrected chi connectivity index (χ3v) is 4.78. The topological polar surface area (TPSA) is 66.8 Å². The van der Waals surface area contributed by atoms with Gasteiger partial charge in [0, 0.05) is 11.5 Å². The lowest BCUT2D eigenvalue weighted by Gasteiger charge is -2.23. The number of phenols is 2. The highest BCUT2D eigenvalue weighted by atomic mass is 16.5. The molecule has 4 nitrogen and oxygen atoms in total. The number of allylic oxidation sites excluding steroid dienone is 2. The van der Waals surface area contributed by atoms with Crippen molar-refractivity contribution in [2.75, 3.05) is 7.11 Å². The van der Waals surface area contributed by atoms with Crippen LogP contribution in [0, 0.1) is 0 Å². The first-order chi connectivity index (χ1) is 11.5. The molecule has 0 bridgehead atoms. The summed E-state index contributed by atoms with van der Waals surface area (Å²) in [4.78, 5) is 12.2. The van der Waals surface area contributed by atoms with Crippen molar-refractivity contribution >= 4 is 5.97 Å². The van der Waals surface area contributed by atoms with Crippen molar-refractivity contribution in [1.29, 1.82) is 0 Å². The van der Waals surface area contributed by atoms with Crippen LogP contribution in [0.3, 0.4) is 0 Å². The fourth-order valence-electron chi connectivity index (χ4n) is 3.52. The Balaban J connectivity index is 2.49. The third kappa shape index (κ3) is 3.92. The van der Waals surface area contributed by atoms with E-state index in [1.54, 1.807) is 6.07 Å². The second-order valence-corrected chi connectivity index (χ2v) is 6.65. The summed E-state index contributed by atoms with van der Waals surface area (Å²) in [6.45, 7) is 4.16. The van der Waals surface area contributed by atoms with Crippen molar-refractivity contribution in [3.63, 3.8) is 0 Å². The smallest absolute Gasteiger partial charge is 0.341 e. The minimum Gasteiger partial charge on any atom is -0.507 e. The van der Waals surface area contributed by atoms with Crippen molar-refractivity contribution in [2.45, 2.75) is 64.7 Å². The quantitative estimate of drug-likeness (QED) is 0.445. The van der Waals surface area contributed by atoms with E-state index in [0.29, 0.717) is 17.5 Å². The predicted molar refractivity (Wildman–Crippen MR) is 94.7 cm³/mol. The number of rotatable bonds is 6. The Morgan fingerprint density at radius 3 is 2.71 bits per heavy atom. The van der Waals surface area contributed by atoms with Crippen molar-refractivity contribution in [1.82, 2.24) is 0 Å². The van der Waals surface area contributed by atoms with E-state index in [0.717, 1.165) is 38.5 Å². The maximum Gasteiger partial charge on any atom is 0.341 e. The molecule has 1 aromatic carbocycles. The van der Waals surface area contributed by atoms with Crippen LogP contribution in [0.2, 0.25) is 0 Å². The van der Waals surface area contributed by atoms with Crippen LogP contribution in [0.4, 0.5) is 0 Å². The molecule has 4 heteroatoms. The van der Waals surface area contributed by atoms with Crippen molar-refractivity contribution in [2.24, 2.45) is 0 Å². The molecule has 0 heterocycles. The highest BCUT2D eigenvalue weighted by Crippen LogP contribution is 2.44. The number of unbranched alkanes of at least 4 members (excludes halogenated alkanes) is 2. The van der Waals surface area contributed by atoms with Gasteiger partial charge in [-0.3, -0.25) is 0 Å². The van der Waals surface area contributed by atoms with Gasteiger partial charge in [-0.05, 0) is 50.7 Å². The van der Waals surface area contributed by atoms with Crippen LogP contribution in [0.25, 0.3) is 0 Å². The molecule has 1 atom stereocenters. The Hall–Kier alpha value is -1.97. The van der Waals surface area contributed by atoms with E-state index < -0.39 is 5.97 Å². The summed E-state index contributed by atoms with van der Waals surface area (Å²) in [5, 5.41) is 21.3. The maximum absolute atomic E-state index is 12.2. The highest BCUT2D eigenvalue weighted by molar-refractivity contribution is 5.95. The number of aromatic hydroxyl groups is 2. The van der Waals surface area contributed by atoms with Gasteiger partial charge in [-0.1, -0.05) is 31.4 Å². The molecule has 0 aliphatic heterocycles.